The predicted molar refractivity (Wildman–Crippen MR) is 83.8 cm³/mol. The number of amides is 2. The molecule has 1 aliphatic heterocycles. The van der Waals surface area contributed by atoms with E-state index in [9.17, 15) is 18.0 Å². The molecule has 0 spiro atoms. The van der Waals surface area contributed by atoms with Crippen LogP contribution in [0.15, 0.2) is 24.3 Å². The van der Waals surface area contributed by atoms with Crippen LogP contribution in [0.25, 0.3) is 0 Å². The van der Waals surface area contributed by atoms with E-state index in [0.29, 0.717) is 5.75 Å². The van der Waals surface area contributed by atoms with Crippen LogP contribution in [-0.4, -0.2) is 48.8 Å². The van der Waals surface area contributed by atoms with Crippen molar-refractivity contribution in [3.05, 3.63) is 29.8 Å². The Morgan fingerprint density at radius 2 is 2.04 bits per heavy atom. The molecule has 2 amide bonds. The number of urea groups is 1. The number of nitrogens with zero attached hydrogens (tertiary/aromatic N) is 1. The molecular formula is C15H19F3N2O2S. The standard InChI is InChI=1S/C15H19F3N2O2S/c1-20(11-7-8-23-9-11)14(21)19-13(15(16,17)18)10-3-5-12(22-2)6-4-10/h3-6,11,13H,7-9H2,1-2H3,(H,19,21). The molecule has 0 aliphatic carbocycles. The van der Waals surface area contributed by atoms with E-state index in [1.807, 2.05) is 0 Å². The van der Waals surface area contributed by atoms with Crippen LogP contribution in [0.5, 0.6) is 5.75 Å². The minimum absolute atomic E-state index is 0.0234. The van der Waals surface area contributed by atoms with Gasteiger partial charge in [0.25, 0.3) is 0 Å². The van der Waals surface area contributed by atoms with E-state index in [2.05, 4.69) is 5.32 Å². The molecule has 2 unspecified atom stereocenters. The summed E-state index contributed by atoms with van der Waals surface area (Å²) < 4.78 is 44.9. The number of benzene rings is 1. The SMILES string of the molecule is COc1ccc(C(NC(=O)N(C)C2CCSC2)C(F)(F)F)cc1. The first-order valence-corrected chi connectivity index (χ1v) is 8.30. The van der Waals surface area contributed by atoms with Crippen LogP contribution in [0.2, 0.25) is 0 Å². The fourth-order valence-corrected chi connectivity index (χ4v) is 3.64. The molecule has 0 radical (unpaired) electrons. The van der Waals surface area contributed by atoms with Crippen LogP contribution >= 0.6 is 11.8 Å². The van der Waals surface area contributed by atoms with E-state index < -0.39 is 18.2 Å². The number of rotatable bonds is 4. The van der Waals surface area contributed by atoms with Gasteiger partial charge in [-0.2, -0.15) is 24.9 Å². The molecule has 4 nitrogen and oxygen atoms in total. The molecule has 1 N–H and O–H groups in total. The Balaban J connectivity index is 2.13. The van der Waals surface area contributed by atoms with E-state index in [4.69, 9.17) is 4.74 Å². The first-order chi connectivity index (χ1) is 10.8. The molecule has 1 aliphatic rings. The topological polar surface area (TPSA) is 41.6 Å². The van der Waals surface area contributed by atoms with Crippen molar-refractivity contribution in [1.82, 2.24) is 10.2 Å². The van der Waals surface area contributed by atoms with Crippen LogP contribution in [0, 0.1) is 0 Å². The molecule has 8 heteroatoms. The lowest BCUT2D eigenvalue weighted by Gasteiger charge is -2.28. The minimum atomic E-state index is -4.57. The monoisotopic (exact) mass is 348 g/mol. The predicted octanol–water partition coefficient (Wildman–Crippen LogP) is 3.45. The van der Waals surface area contributed by atoms with E-state index in [1.165, 1.54) is 43.3 Å². The van der Waals surface area contributed by atoms with Gasteiger partial charge in [-0.25, -0.2) is 4.79 Å². The quantitative estimate of drug-likeness (QED) is 0.906. The second-order valence-corrected chi connectivity index (χ2v) is 6.48. The molecule has 2 atom stereocenters. The van der Waals surface area contributed by atoms with E-state index in [0.717, 1.165) is 17.9 Å². The van der Waals surface area contributed by atoms with Gasteiger partial charge < -0.3 is 15.0 Å². The first kappa shape index (κ1) is 17.8. The van der Waals surface area contributed by atoms with Crippen molar-refractivity contribution in [2.75, 3.05) is 25.7 Å². The number of carbonyl (C=O) groups excluding carboxylic acids is 1. The Hall–Kier alpha value is -1.57. The van der Waals surface area contributed by atoms with Gasteiger partial charge in [-0.1, -0.05) is 12.1 Å². The van der Waals surface area contributed by atoms with Crippen molar-refractivity contribution in [3.63, 3.8) is 0 Å². The molecule has 2 rings (SSSR count). The molecule has 1 heterocycles. The normalized spacial score (nSPS) is 19.3. The zero-order chi connectivity index (χ0) is 17.0. The Morgan fingerprint density at radius 3 is 2.52 bits per heavy atom. The summed E-state index contributed by atoms with van der Waals surface area (Å²) in [4.78, 5) is 13.5. The summed E-state index contributed by atoms with van der Waals surface area (Å²) >= 11 is 1.70. The zero-order valence-electron chi connectivity index (χ0n) is 12.9. The lowest BCUT2D eigenvalue weighted by molar-refractivity contribution is -0.155. The van der Waals surface area contributed by atoms with Crippen LogP contribution in [0.4, 0.5) is 18.0 Å². The lowest BCUT2D eigenvalue weighted by atomic mass is 10.1. The van der Waals surface area contributed by atoms with Crippen molar-refractivity contribution in [3.8, 4) is 5.75 Å². The molecule has 128 valence electrons. The first-order valence-electron chi connectivity index (χ1n) is 7.14. The number of hydrogen-bond acceptors (Lipinski definition) is 3. The van der Waals surface area contributed by atoms with Crippen molar-refractivity contribution in [1.29, 1.82) is 0 Å². The molecule has 1 fully saturated rings. The maximum atomic E-state index is 13.3. The third kappa shape index (κ3) is 4.46. The highest BCUT2D eigenvalue weighted by molar-refractivity contribution is 7.99. The number of nitrogens with one attached hydrogen (secondary N) is 1. The summed E-state index contributed by atoms with van der Waals surface area (Å²) in [7, 11) is 2.97. The summed E-state index contributed by atoms with van der Waals surface area (Å²) in [6.07, 6.45) is -3.77. The molecule has 0 aromatic heterocycles. The number of carbonyl (C=O) groups is 1. The number of halogens is 3. The molecule has 23 heavy (non-hydrogen) atoms. The highest BCUT2D eigenvalue weighted by Gasteiger charge is 2.42. The maximum absolute atomic E-state index is 13.3. The van der Waals surface area contributed by atoms with Crippen molar-refractivity contribution in [2.45, 2.75) is 24.7 Å². The van der Waals surface area contributed by atoms with Gasteiger partial charge in [0.15, 0.2) is 6.04 Å². The van der Waals surface area contributed by atoms with Gasteiger partial charge in [0, 0.05) is 18.8 Å². The molecule has 0 saturated carbocycles. The summed E-state index contributed by atoms with van der Waals surface area (Å²) in [6, 6.07) is 2.72. The highest BCUT2D eigenvalue weighted by atomic mass is 32.2. The van der Waals surface area contributed by atoms with Gasteiger partial charge in [0.05, 0.1) is 7.11 Å². The fraction of sp³-hybridized carbons (Fsp3) is 0.533. The third-order valence-corrected chi connectivity index (χ3v) is 4.96. The van der Waals surface area contributed by atoms with Gasteiger partial charge in [0.2, 0.25) is 0 Å². The van der Waals surface area contributed by atoms with Crippen molar-refractivity contribution >= 4 is 17.8 Å². The number of ether oxygens (including phenoxy) is 1. The Kier molecular flexibility index (Phi) is 5.67. The average molecular weight is 348 g/mol. The van der Waals surface area contributed by atoms with Crippen LogP contribution in [0.1, 0.15) is 18.0 Å². The summed E-state index contributed by atoms with van der Waals surface area (Å²) in [5.74, 6) is 2.13. The molecule has 1 aromatic carbocycles. The Labute approximate surface area is 137 Å². The van der Waals surface area contributed by atoms with Gasteiger partial charge >= 0.3 is 12.2 Å². The van der Waals surface area contributed by atoms with Crippen LogP contribution < -0.4 is 10.1 Å². The maximum Gasteiger partial charge on any atom is 0.412 e. The molecular weight excluding hydrogens is 329 g/mol. The second kappa shape index (κ2) is 7.33. The Bertz CT molecular complexity index is 531. The number of hydrogen-bond donors (Lipinski definition) is 1. The van der Waals surface area contributed by atoms with Crippen LogP contribution in [-0.2, 0) is 0 Å². The fourth-order valence-electron chi connectivity index (χ4n) is 2.37. The Morgan fingerprint density at radius 1 is 1.39 bits per heavy atom. The van der Waals surface area contributed by atoms with Gasteiger partial charge in [0.1, 0.15) is 5.75 Å². The molecule has 0 bridgehead atoms. The van der Waals surface area contributed by atoms with Crippen molar-refractivity contribution in [2.24, 2.45) is 0 Å². The number of methoxy groups -OCH3 is 1. The smallest absolute Gasteiger partial charge is 0.412 e. The zero-order valence-corrected chi connectivity index (χ0v) is 13.7. The van der Waals surface area contributed by atoms with E-state index >= 15 is 0 Å². The largest absolute Gasteiger partial charge is 0.497 e. The third-order valence-electron chi connectivity index (χ3n) is 3.82. The van der Waals surface area contributed by atoms with Crippen molar-refractivity contribution < 1.29 is 22.7 Å². The lowest BCUT2D eigenvalue weighted by Crippen LogP contribution is -2.48. The van der Waals surface area contributed by atoms with Gasteiger partial charge in [-0.3, -0.25) is 0 Å². The summed E-state index contributed by atoms with van der Waals surface area (Å²) in [5.41, 5.74) is -0.0270. The molecule has 1 saturated heterocycles. The highest BCUT2D eigenvalue weighted by Crippen LogP contribution is 2.33. The van der Waals surface area contributed by atoms with Gasteiger partial charge in [-0.15, -0.1) is 0 Å². The van der Waals surface area contributed by atoms with Crippen LogP contribution in [0.3, 0.4) is 0 Å². The average Bonchev–Trinajstić information content (AvgIpc) is 3.05. The number of thioether (sulfide) groups is 1. The van der Waals surface area contributed by atoms with E-state index in [-0.39, 0.29) is 11.6 Å². The number of alkyl halides is 3. The van der Waals surface area contributed by atoms with Gasteiger partial charge in [-0.05, 0) is 29.9 Å². The summed E-state index contributed by atoms with van der Waals surface area (Å²) in [5, 5.41) is 2.10. The van der Waals surface area contributed by atoms with E-state index in [1.54, 1.807) is 11.8 Å². The minimum Gasteiger partial charge on any atom is -0.497 e. The summed E-state index contributed by atoms with van der Waals surface area (Å²) in [6.45, 7) is 0. The molecule has 1 aromatic rings. The second-order valence-electron chi connectivity index (χ2n) is 5.33.